The standard InChI is InChI=1S/C24H30FN3O3S/c1-17(2)22-26-21(15-32-22)23(30)28-10-12-31-24(16-28)6-8-27(9-7-24)14-18-3-4-20(25)19(13-18)5-11-29/h3-4,11,13,15,17H,5-10,12,14,16H2,1-2H3. The highest BCUT2D eigenvalue weighted by atomic mass is 32.1. The number of rotatable bonds is 6. The van der Waals surface area contributed by atoms with Gasteiger partial charge >= 0.3 is 0 Å². The smallest absolute Gasteiger partial charge is 0.273 e. The van der Waals surface area contributed by atoms with Crippen molar-refractivity contribution in [3.63, 3.8) is 0 Å². The SMILES string of the molecule is CC(C)c1nc(C(=O)N2CCOC3(CCN(Cc4ccc(F)c(CC=O)c4)CC3)C2)cs1. The average molecular weight is 460 g/mol. The molecule has 172 valence electrons. The van der Waals surface area contributed by atoms with Gasteiger partial charge in [-0.05, 0) is 30.0 Å². The van der Waals surface area contributed by atoms with Crippen molar-refractivity contribution in [1.82, 2.24) is 14.8 Å². The van der Waals surface area contributed by atoms with Crippen LogP contribution in [0.1, 0.15) is 59.2 Å². The summed E-state index contributed by atoms with van der Waals surface area (Å²) in [7, 11) is 0. The minimum absolute atomic E-state index is 0.00715. The highest BCUT2D eigenvalue weighted by molar-refractivity contribution is 7.09. The number of likely N-dealkylation sites (tertiary alicyclic amines) is 1. The van der Waals surface area contributed by atoms with Gasteiger partial charge in [0.15, 0.2) is 0 Å². The molecule has 0 N–H and O–H groups in total. The van der Waals surface area contributed by atoms with Crippen molar-refractivity contribution in [2.45, 2.75) is 51.2 Å². The molecule has 1 aromatic heterocycles. The van der Waals surface area contributed by atoms with Crippen LogP contribution in [0.5, 0.6) is 0 Å². The molecular weight excluding hydrogens is 429 g/mol. The molecule has 1 amide bonds. The van der Waals surface area contributed by atoms with Gasteiger partial charge in [0.2, 0.25) is 0 Å². The normalized spacial score (nSPS) is 18.9. The maximum absolute atomic E-state index is 13.8. The zero-order valence-corrected chi connectivity index (χ0v) is 19.5. The molecule has 8 heteroatoms. The van der Waals surface area contributed by atoms with E-state index in [2.05, 4.69) is 23.7 Å². The number of amides is 1. The number of aromatic nitrogens is 1. The second kappa shape index (κ2) is 9.77. The molecule has 0 aliphatic carbocycles. The van der Waals surface area contributed by atoms with Gasteiger partial charge in [0, 0.05) is 43.9 Å². The largest absolute Gasteiger partial charge is 0.371 e. The van der Waals surface area contributed by atoms with E-state index in [1.165, 1.54) is 6.07 Å². The second-order valence-electron chi connectivity index (χ2n) is 9.06. The first kappa shape index (κ1) is 23.0. The maximum atomic E-state index is 13.8. The number of halogens is 1. The summed E-state index contributed by atoms with van der Waals surface area (Å²) in [6, 6.07) is 5.01. The number of thiazole rings is 1. The van der Waals surface area contributed by atoms with Gasteiger partial charge in [-0.3, -0.25) is 9.69 Å². The Morgan fingerprint density at radius 2 is 2.09 bits per heavy atom. The van der Waals surface area contributed by atoms with E-state index in [9.17, 15) is 14.0 Å². The lowest BCUT2D eigenvalue weighted by atomic mass is 9.89. The number of carbonyl (C=O) groups excluding carboxylic acids is 2. The van der Waals surface area contributed by atoms with Crippen molar-refractivity contribution in [2.75, 3.05) is 32.8 Å². The molecule has 1 aromatic carbocycles. The first-order valence-corrected chi connectivity index (χ1v) is 12.1. The Labute approximate surface area is 192 Å². The van der Waals surface area contributed by atoms with E-state index >= 15 is 0 Å². The van der Waals surface area contributed by atoms with E-state index < -0.39 is 0 Å². The Morgan fingerprint density at radius 1 is 1.31 bits per heavy atom. The second-order valence-corrected chi connectivity index (χ2v) is 9.95. The number of hydrogen-bond donors (Lipinski definition) is 0. The van der Waals surface area contributed by atoms with Crippen molar-refractivity contribution < 1.29 is 18.7 Å². The van der Waals surface area contributed by atoms with Crippen LogP contribution in [0.4, 0.5) is 4.39 Å². The highest BCUT2D eigenvalue weighted by Gasteiger charge is 2.41. The van der Waals surface area contributed by atoms with Crippen LogP contribution in [-0.2, 0) is 22.5 Å². The van der Waals surface area contributed by atoms with E-state index in [0.717, 1.165) is 42.8 Å². The summed E-state index contributed by atoms with van der Waals surface area (Å²) >= 11 is 1.54. The van der Waals surface area contributed by atoms with E-state index in [1.54, 1.807) is 23.5 Å². The molecule has 3 heterocycles. The van der Waals surface area contributed by atoms with Crippen LogP contribution in [0, 0.1) is 5.82 Å². The lowest BCUT2D eigenvalue weighted by Gasteiger charge is -2.47. The van der Waals surface area contributed by atoms with Gasteiger partial charge in [-0.25, -0.2) is 9.37 Å². The van der Waals surface area contributed by atoms with E-state index in [1.807, 2.05) is 10.3 Å². The van der Waals surface area contributed by atoms with Crippen LogP contribution in [0.15, 0.2) is 23.6 Å². The fourth-order valence-corrected chi connectivity index (χ4v) is 5.29. The predicted octanol–water partition coefficient (Wildman–Crippen LogP) is 3.65. The highest BCUT2D eigenvalue weighted by Crippen LogP contribution is 2.32. The molecule has 2 aliphatic rings. The minimum atomic E-state index is -0.334. The molecule has 0 unspecified atom stereocenters. The van der Waals surface area contributed by atoms with Crippen molar-refractivity contribution in [1.29, 1.82) is 0 Å². The summed E-state index contributed by atoms with van der Waals surface area (Å²) in [5.74, 6) is -0.0238. The lowest BCUT2D eigenvalue weighted by molar-refractivity contribution is -0.128. The number of hydrogen-bond acceptors (Lipinski definition) is 6. The van der Waals surface area contributed by atoms with Crippen molar-refractivity contribution >= 4 is 23.5 Å². The third-order valence-electron chi connectivity index (χ3n) is 6.36. The van der Waals surface area contributed by atoms with Gasteiger partial charge in [-0.2, -0.15) is 0 Å². The van der Waals surface area contributed by atoms with Crippen LogP contribution in [-0.4, -0.2) is 65.4 Å². The minimum Gasteiger partial charge on any atom is -0.371 e. The van der Waals surface area contributed by atoms with Crippen LogP contribution in [0.2, 0.25) is 0 Å². The molecule has 32 heavy (non-hydrogen) atoms. The first-order chi connectivity index (χ1) is 15.4. The topological polar surface area (TPSA) is 62.7 Å². The summed E-state index contributed by atoms with van der Waals surface area (Å²) in [6.07, 6.45) is 2.51. The quantitative estimate of drug-likeness (QED) is 0.617. The fraction of sp³-hybridized carbons (Fsp3) is 0.542. The van der Waals surface area contributed by atoms with Gasteiger partial charge in [-0.1, -0.05) is 26.0 Å². The fourth-order valence-electron chi connectivity index (χ4n) is 4.48. The maximum Gasteiger partial charge on any atom is 0.273 e. The molecule has 0 bridgehead atoms. The number of ether oxygens (including phenoxy) is 1. The zero-order valence-electron chi connectivity index (χ0n) is 18.7. The van der Waals surface area contributed by atoms with E-state index in [-0.39, 0.29) is 23.7 Å². The van der Waals surface area contributed by atoms with Crippen LogP contribution in [0.25, 0.3) is 0 Å². The molecule has 2 saturated heterocycles. The van der Waals surface area contributed by atoms with Crippen LogP contribution in [0.3, 0.4) is 0 Å². The van der Waals surface area contributed by atoms with Gasteiger partial charge < -0.3 is 14.4 Å². The van der Waals surface area contributed by atoms with Crippen LogP contribution >= 0.6 is 11.3 Å². The van der Waals surface area contributed by atoms with Crippen molar-refractivity contribution in [3.8, 4) is 0 Å². The molecule has 2 fully saturated rings. The molecule has 2 aromatic rings. The Bertz CT molecular complexity index is 969. The number of piperidine rings is 1. The van der Waals surface area contributed by atoms with Gasteiger partial charge in [0.1, 0.15) is 17.8 Å². The number of benzene rings is 1. The van der Waals surface area contributed by atoms with Gasteiger partial charge in [0.05, 0.1) is 23.8 Å². The van der Waals surface area contributed by atoms with Crippen LogP contribution < -0.4 is 0 Å². The number of carbonyl (C=O) groups is 2. The molecular formula is C24H30FN3O3S. The monoisotopic (exact) mass is 459 g/mol. The Hall–Kier alpha value is -2.16. The van der Waals surface area contributed by atoms with E-state index in [4.69, 9.17) is 4.74 Å². The lowest BCUT2D eigenvalue weighted by Crippen LogP contribution is -2.58. The van der Waals surface area contributed by atoms with Crippen molar-refractivity contribution in [3.05, 3.63) is 51.2 Å². The first-order valence-electron chi connectivity index (χ1n) is 11.2. The Kier molecular flexibility index (Phi) is 7.02. The molecule has 0 radical (unpaired) electrons. The third kappa shape index (κ3) is 5.08. The molecule has 6 nitrogen and oxygen atoms in total. The molecule has 2 aliphatic heterocycles. The summed E-state index contributed by atoms with van der Waals surface area (Å²) in [5.41, 5.74) is 1.67. The molecule has 0 saturated carbocycles. The summed E-state index contributed by atoms with van der Waals surface area (Å²) < 4.78 is 20.0. The molecule has 1 spiro atoms. The number of aldehydes is 1. The van der Waals surface area contributed by atoms with Gasteiger partial charge in [-0.15, -0.1) is 11.3 Å². The Balaban J connectivity index is 1.35. The van der Waals surface area contributed by atoms with Gasteiger partial charge in [0.25, 0.3) is 5.91 Å². The summed E-state index contributed by atoms with van der Waals surface area (Å²) in [5, 5.41) is 2.85. The average Bonchev–Trinajstić information content (AvgIpc) is 3.28. The van der Waals surface area contributed by atoms with Crippen molar-refractivity contribution in [2.24, 2.45) is 0 Å². The Morgan fingerprint density at radius 3 is 2.78 bits per heavy atom. The summed E-state index contributed by atoms with van der Waals surface area (Å²) in [6.45, 7) is 8.29. The zero-order chi connectivity index (χ0) is 22.7. The van der Waals surface area contributed by atoms with E-state index in [0.29, 0.717) is 43.4 Å². The predicted molar refractivity (Wildman–Crippen MR) is 121 cm³/mol. The molecule has 4 rings (SSSR count). The molecule has 0 atom stereocenters. The number of morpholine rings is 1. The third-order valence-corrected chi connectivity index (χ3v) is 7.50. The number of nitrogens with zero attached hydrogens (tertiary/aromatic N) is 3. The summed E-state index contributed by atoms with van der Waals surface area (Å²) in [4.78, 5) is 32.6.